The number of halogens is 1. The van der Waals surface area contributed by atoms with Crippen molar-refractivity contribution in [2.75, 3.05) is 39.4 Å². The quantitative estimate of drug-likeness (QED) is 0.638. The summed E-state index contributed by atoms with van der Waals surface area (Å²) in [7, 11) is 5.09. The van der Waals surface area contributed by atoms with Crippen molar-refractivity contribution < 1.29 is 14.3 Å². The molecule has 2 aromatic rings. The first kappa shape index (κ1) is 21.5. The minimum absolute atomic E-state index is 0.0368. The third-order valence-electron chi connectivity index (χ3n) is 5.23. The van der Waals surface area contributed by atoms with E-state index in [1.54, 1.807) is 32.2 Å². The number of imidazole rings is 1. The molecule has 1 aromatic carbocycles. The van der Waals surface area contributed by atoms with E-state index in [1.165, 1.54) is 0 Å². The molecule has 1 aromatic heterocycles. The average molecular weight is 421 g/mol. The van der Waals surface area contributed by atoms with Gasteiger partial charge in [-0.05, 0) is 18.6 Å². The molecule has 1 unspecified atom stereocenters. The lowest BCUT2D eigenvalue weighted by molar-refractivity contribution is 0.0764. The smallest absolute Gasteiger partial charge is 0.275 e. The summed E-state index contributed by atoms with van der Waals surface area (Å²) in [5.41, 5.74) is 1.39. The molecule has 1 amide bonds. The largest absolute Gasteiger partial charge is 0.497 e. The number of hydrogen-bond acceptors (Lipinski definition) is 5. The molecule has 7 nitrogen and oxygen atoms in total. The van der Waals surface area contributed by atoms with E-state index in [0.717, 1.165) is 30.8 Å². The number of fused-ring (bicyclic) bond motifs is 1. The minimum Gasteiger partial charge on any atom is -0.497 e. The van der Waals surface area contributed by atoms with Gasteiger partial charge in [0.15, 0.2) is 11.5 Å². The van der Waals surface area contributed by atoms with Crippen LogP contribution in [-0.4, -0.2) is 54.9 Å². The summed E-state index contributed by atoms with van der Waals surface area (Å²) < 4.78 is 12.8. The lowest BCUT2D eigenvalue weighted by atomic mass is 10.1. The number of aryl methyl sites for hydroxylation is 1. The number of aromatic nitrogens is 2. The minimum atomic E-state index is -0.0368. The first-order chi connectivity index (χ1) is 14.0. The molecule has 0 spiro atoms. The van der Waals surface area contributed by atoms with Gasteiger partial charge >= 0.3 is 0 Å². The monoisotopic (exact) mass is 420 g/mol. The van der Waals surface area contributed by atoms with Gasteiger partial charge in [-0.15, -0.1) is 0 Å². The normalized spacial score (nSPS) is 14.9. The predicted molar refractivity (Wildman–Crippen MR) is 115 cm³/mol. The van der Waals surface area contributed by atoms with E-state index in [9.17, 15) is 4.79 Å². The molecule has 0 N–H and O–H groups in total. The van der Waals surface area contributed by atoms with E-state index in [2.05, 4.69) is 18.4 Å². The SMILES string of the molecule is CCCC(COC)n1c(CC)nc2c1C(=O)N(C)CN2c1ccc(OC)cc1Cl. The third-order valence-corrected chi connectivity index (χ3v) is 5.53. The number of anilines is 2. The van der Waals surface area contributed by atoms with Gasteiger partial charge in [0, 0.05) is 26.6 Å². The molecular weight excluding hydrogens is 392 g/mol. The molecule has 1 atom stereocenters. The number of methoxy groups -OCH3 is 2. The van der Waals surface area contributed by atoms with Crippen LogP contribution in [0.25, 0.3) is 0 Å². The van der Waals surface area contributed by atoms with E-state index in [4.69, 9.17) is 26.1 Å². The number of rotatable bonds is 8. The summed E-state index contributed by atoms with van der Waals surface area (Å²) >= 11 is 6.55. The van der Waals surface area contributed by atoms with Crippen LogP contribution in [0.2, 0.25) is 5.02 Å². The first-order valence-corrected chi connectivity index (χ1v) is 10.3. The number of carbonyl (C=O) groups is 1. The Hall–Kier alpha value is -2.25. The maximum absolute atomic E-state index is 13.2. The molecule has 29 heavy (non-hydrogen) atoms. The molecule has 8 heteroatoms. The van der Waals surface area contributed by atoms with Gasteiger partial charge in [0.25, 0.3) is 5.91 Å². The van der Waals surface area contributed by atoms with Crippen LogP contribution in [0.15, 0.2) is 18.2 Å². The van der Waals surface area contributed by atoms with Crippen LogP contribution in [0, 0.1) is 0 Å². The summed E-state index contributed by atoms with van der Waals surface area (Å²) in [6.45, 7) is 5.10. The van der Waals surface area contributed by atoms with Crippen molar-refractivity contribution in [2.45, 2.75) is 39.2 Å². The number of amides is 1. The number of hydrogen-bond donors (Lipinski definition) is 0. The maximum atomic E-state index is 13.2. The van der Waals surface area contributed by atoms with Gasteiger partial charge in [0.2, 0.25) is 0 Å². The van der Waals surface area contributed by atoms with E-state index < -0.39 is 0 Å². The van der Waals surface area contributed by atoms with Crippen molar-refractivity contribution in [1.29, 1.82) is 0 Å². The van der Waals surface area contributed by atoms with Crippen LogP contribution >= 0.6 is 11.6 Å². The van der Waals surface area contributed by atoms with Crippen molar-refractivity contribution in [3.63, 3.8) is 0 Å². The number of ether oxygens (including phenoxy) is 2. The fourth-order valence-electron chi connectivity index (χ4n) is 3.86. The van der Waals surface area contributed by atoms with Crippen LogP contribution in [0.3, 0.4) is 0 Å². The lowest BCUT2D eigenvalue weighted by Gasteiger charge is -2.35. The maximum Gasteiger partial charge on any atom is 0.275 e. The topological polar surface area (TPSA) is 59.8 Å². The fourth-order valence-corrected chi connectivity index (χ4v) is 4.13. The molecule has 0 fully saturated rings. The van der Waals surface area contributed by atoms with Gasteiger partial charge in [0.05, 0.1) is 37.1 Å². The molecule has 3 rings (SSSR count). The standard InChI is InChI=1S/C21H29ClN4O3/c1-6-8-14(12-28-4)26-18(7-2)23-20-19(26)21(27)24(3)13-25(20)17-10-9-15(29-5)11-16(17)22/h9-11,14H,6-8,12-13H2,1-5H3. The second kappa shape index (κ2) is 9.05. The highest BCUT2D eigenvalue weighted by Crippen LogP contribution is 2.39. The fraction of sp³-hybridized carbons (Fsp3) is 0.524. The number of benzene rings is 1. The van der Waals surface area contributed by atoms with Crippen molar-refractivity contribution in [1.82, 2.24) is 14.5 Å². The summed E-state index contributed by atoms with van der Waals surface area (Å²) in [4.78, 5) is 21.7. The molecule has 0 aliphatic carbocycles. The summed E-state index contributed by atoms with van der Waals surface area (Å²) in [5.74, 6) is 2.17. The Balaban J connectivity index is 2.17. The van der Waals surface area contributed by atoms with Gasteiger partial charge in [0.1, 0.15) is 11.6 Å². The predicted octanol–water partition coefficient (Wildman–Crippen LogP) is 4.28. The van der Waals surface area contributed by atoms with Gasteiger partial charge in [-0.2, -0.15) is 0 Å². The molecule has 158 valence electrons. The second-order valence-corrected chi connectivity index (χ2v) is 7.62. The van der Waals surface area contributed by atoms with Crippen LogP contribution < -0.4 is 9.64 Å². The first-order valence-electron chi connectivity index (χ1n) is 9.93. The van der Waals surface area contributed by atoms with Gasteiger partial charge in [-0.3, -0.25) is 4.79 Å². The molecule has 0 saturated heterocycles. The highest BCUT2D eigenvalue weighted by molar-refractivity contribution is 6.33. The zero-order valence-electron chi connectivity index (χ0n) is 17.7. The second-order valence-electron chi connectivity index (χ2n) is 7.21. The Bertz CT molecular complexity index is 877. The van der Waals surface area contributed by atoms with Crippen LogP contribution in [0.1, 0.15) is 49.0 Å². The van der Waals surface area contributed by atoms with E-state index in [1.807, 2.05) is 17.0 Å². The molecule has 1 aliphatic heterocycles. The molecular formula is C21H29ClN4O3. The van der Waals surface area contributed by atoms with E-state index in [-0.39, 0.29) is 11.9 Å². The molecule has 0 bridgehead atoms. The Morgan fingerprint density at radius 1 is 1.28 bits per heavy atom. The summed E-state index contributed by atoms with van der Waals surface area (Å²) in [5, 5.41) is 0.549. The van der Waals surface area contributed by atoms with Crippen molar-refractivity contribution in [3.05, 3.63) is 34.7 Å². The van der Waals surface area contributed by atoms with E-state index in [0.29, 0.717) is 35.6 Å². The third kappa shape index (κ3) is 3.94. The Morgan fingerprint density at radius 2 is 2.03 bits per heavy atom. The van der Waals surface area contributed by atoms with Crippen molar-refractivity contribution in [2.24, 2.45) is 0 Å². The van der Waals surface area contributed by atoms with Crippen LogP contribution in [-0.2, 0) is 11.2 Å². The van der Waals surface area contributed by atoms with Crippen LogP contribution in [0.5, 0.6) is 5.75 Å². The lowest BCUT2D eigenvalue weighted by Crippen LogP contribution is -2.43. The molecule has 2 heterocycles. The highest BCUT2D eigenvalue weighted by Gasteiger charge is 2.36. The molecule has 1 aliphatic rings. The summed E-state index contributed by atoms with van der Waals surface area (Å²) in [6.07, 6.45) is 2.62. The zero-order valence-corrected chi connectivity index (χ0v) is 18.5. The zero-order chi connectivity index (χ0) is 21.1. The average Bonchev–Trinajstić information content (AvgIpc) is 3.10. The Kier molecular flexibility index (Phi) is 6.70. The van der Waals surface area contributed by atoms with Gasteiger partial charge in [-0.1, -0.05) is 31.9 Å². The Morgan fingerprint density at radius 3 is 2.62 bits per heavy atom. The number of carbonyl (C=O) groups excluding carboxylic acids is 1. The Labute approximate surface area is 177 Å². The molecule has 0 saturated carbocycles. The summed E-state index contributed by atoms with van der Waals surface area (Å²) in [6, 6.07) is 5.59. The number of nitrogens with zero attached hydrogens (tertiary/aromatic N) is 4. The van der Waals surface area contributed by atoms with Gasteiger partial charge < -0.3 is 23.8 Å². The highest BCUT2D eigenvalue weighted by atomic mass is 35.5. The van der Waals surface area contributed by atoms with Crippen molar-refractivity contribution >= 4 is 29.0 Å². The van der Waals surface area contributed by atoms with Crippen LogP contribution in [0.4, 0.5) is 11.5 Å². The van der Waals surface area contributed by atoms with E-state index >= 15 is 0 Å². The van der Waals surface area contributed by atoms with Gasteiger partial charge in [-0.25, -0.2) is 4.98 Å². The van der Waals surface area contributed by atoms with Crippen molar-refractivity contribution in [3.8, 4) is 5.75 Å². The molecule has 0 radical (unpaired) electrons.